The lowest BCUT2D eigenvalue weighted by Gasteiger charge is -2.33. The summed E-state index contributed by atoms with van der Waals surface area (Å²) in [7, 11) is -3.09. The normalized spacial score (nSPS) is 21.9. The number of benzene rings is 1. The predicted octanol–water partition coefficient (Wildman–Crippen LogP) is 2.42. The second-order valence-electron chi connectivity index (χ2n) is 7.69. The van der Waals surface area contributed by atoms with E-state index in [-0.39, 0.29) is 36.1 Å². The summed E-state index contributed by atoms with van der Waals surface area (Å²) in [4.78, 5) is 27.0. The summed E-state index contributed by atoms with van der Waals surface area (Å²) in [6.45, 7) is 3.37. The SMILES string of the molecule is Cc1ccc(C)c(C(=O)OCC(=O)N(C2CCCC2)[C@@H]2CCS(=O)(=O)C2)c1. The van der Waals surface area contributed by atoms with E-state index in [1.54, 1.807) is 11.0 Å². The van der Waals surface area contributed by atoms with E-state index >= 15 is 0 Å². The molecule has 0 radical (unpaired) electrons. The Morgan fingerprint density at radius 1 is 1.11 bits per heavy atom. The van der Waals surface area contributed by atoms with Crippen LogP contribution >= 0.6 is 0 Å². The van der Waals surface area contributed by atoms with Crippen molar-refractivity contribution in [3.63, 3.8) is 0 Å². The third-order valence-electron chi connectivity index (χ3n) is 5.55. The number of esters is 1. The molecule has 0 bridgehead atoms. The number of amides is 1. The van der Waals surface area contributed by atoms with Gasteiger partial charge < -0.3 is 9.64 Å². The van der Waals surface area contributed by atoms with Gasteiger partial charge in [0.25, 0.3) is 5.91 Å². The summed E-state index contributed by atoms with van der Waals surface area (Å²) in [6.07, 6.45) is 4.31. The Balaban J connectivity index is 1.69. The van der Waals surface area contributed by atoms with Crippen LogP contribution in [0.5, 0.6) is 0 Å². The number of hydrogen-bond donors (Lipinski definition) is 0. The lowest BCUT2D eigenvalue weighted by Crippen LogP contribution is -2.48. The first-order valence-corrected chi connectivity index (χ1v) is 11.3. The molecule has 1 saturated heterocycles. The average molecular weight is 394 g/mol. The van der Waals surface area contributed by atoms with Gasteiger partial charge in [-0.05, 0) is 44.7 Å². The fourth-order valence-corrected chi connectivity index (χ4v) is 5.83. The summed E-state index contributed by atoms with van der Waals surface area (Å²) < 4.78 is 29.1. The summed E-state index contributed by atoms with van der Waals surface area (Å²) >= 11 is 0. The molecule has 6 nitrogen and oxygen atoms in total. The number of rotatable bonds is 5. The molecule has 1 aliphatic carbocycles. The van der Waals surface area contributed by atoms with Gasteiger partial charge in [-0.3, -0.25) is 4.79 Å². The molecule has 1 aromatic carbocycles. The summed E-state index contributed by atoms with van der Waals surface area (Å²) in [6, 6.07) is 5.27. The average Bonchev–Trinajstić information content (AvgIpc) is 3.25. The molecule has 0 unspecified atom stereocenters. The van der Waals surface area contributed by atoms with E-state index in [0.717, 1.165) is 36.8 Å². The van der Waals surface area contributed by atoms with Crippen LogP contribution in [0.15, 0.2) is 18.2 Å². The molecule has 0 aromatic heterocycles. The van der Waals surface area contributed by atoms with Crippen LogP contribution in [0, 0.1) is 13.8 Å². The quantitative estimate of drug-likeness (QED) is 0.718. The maximum Gasteiger partial charge on any atom is 0.338 e. The third kappa shape index (κ3) is 4.69. The molecule has 1 saturated carbocycles. The Labute approximate surface area is 160 Å². The molecule has 1 aromatic rings. The van der Waals surface area contributed by atoms with Crippen molar-refractivity contribution < 1.29 is 22.7 Å². The molecular formula is C20H27NO5S. The van der Waals surface area contributed by atoms with E-state index in [1.807, 2.05) is 26.0 Å². The first-order chi connectivity index (χ1) is 12.8. The number of sulfone groups is 1. The number of carbonyl (C=O) groups excluding carboxylic acids is 2. The fraction of sp³-hybridized carbons (Fsp3) is 0.600. The van der Waals surface area contributed by atoms with E-state index < -0.39 is 15.8 Å². The maximum absolute atomic E-state index is 12.9. The molecule has 2 fully saturated rings. The maximum atomic E-state index is 12.9. The van der Waals surface area contributed by atoms with E-state index in [2.05, 4.69) is 0 Å². The number of hydrogen-bond acceptors (Lipinski definition) is 5. The van der Waals surface area contributed by atoms with Crippen LogP contribution in [0.25, 0.3) is 0 Å². The van der Waals surface area contributed by atoms with Gasteiger partial charge in [0, 0.05) is 12.1 Å². The smallest absolute Gasteiger partial charge is 0.338 e. The van der Waals surface area contributed by atoms with Crippen molar-refractivity contribution >= 4 is 21.7 Å². The first kappa shape index (κ1) is 19.9. The third-order valence-corrected chi connectivity index (χ3v) is 7.30. The predicted molar refractivity (Wildman–Crippen MR) is 102 cm³/mol. The monoisotopic (exact) mass is 393 g/mol. The standard InChI is InChI=1S/C20H27NO5S/c1-14-7-8-15(2)18(11-14)20(23)26-12-19(22)21(16-5-3-4-6-16)17-9-10-27(24,25)13-17/h7-8,11,16-17H,3-6,9-10,12-13H2,1-2H3/t17-/m1/s1. The highest BCUT2D eigenvalue weighted by molar-refractivity contribution is 7.91. The lowest BCUT2D eigenvalue weighted by atomic mass is 10.1. The summed E-state index contributed by atoms with van der Waals surface area (Å²) in [5.74, 6) is -0.672. The number of nitrogens with zero attached hydrogens (tertiary/aromatic N) is 1. The minimum absolute atomic E-state index is 0.0141. The number of ether oxygens (including phenoxy) is 1. The minimum atomic E-state index is -3.09. The van der Waals surface area contributed by atoms with Gasteiger partial charge in [0.15, 0.2) is 16.4 Å². The van der Waals surface area contributed by atoms with Crippen molar-refractivity contribution in [3.05, 3.63) is 34.9 Å². The molecule has 1 atom stereocenters. The fourth-order valence-electron chi connectivity index (χ4n) is 4.12. The van der Waals surface area contributed by atoms with Crippen LogP contribution in [0.2, 0.25) is 0 Å². The van der Waals surface area contributed by atoms with Crippen molar-refractivity contribution in [1.29, 1.82) is 0 Å². The molecular weight excluding hydrogens is 366 g/mol. The van der Waals surface area contributed by atoms with Crippen molar-refractivity contribution in [3.8, 4) is 0 Å². The van der Waals surface area contributed by atoms with Gasteiger partial charge >= 0.3 is 5.97 Å². The van der Waals surface area contributed by atoms with Gasteiger partial charge in [-0.15, -0.1) is 0 Å². The van der Waals surface area contributed by atoms with Gasteiger partial charge in [-0.25, -0.2) is 13.2 Å². The van der Waals surface area contributed by atoms with Crippen LogP contribution in [0.3, 0.4) is 0 Å². The van der Waals surface area contributed by atoms with E-state index in [4.69, 9.17) is 4.74 Å². The second kappa shape index (κ2) is 8.00. The van der Waals surface area contributed by atoms with Gasteiger partial charge in [-0.1, -0.05) is 30.5 Å². The molecule has 0 spiro atoms. The van der Waals surface area contributed by atoms with Gasteiger partial charge in [-0.2, -0.15) is 0 Å². The second-order valence-corrected chi connectivity index (χ2v) is 9.92. The van der Waals surface area contributed by atoms with Crippen LogP contribution in [0.1, 0.15) is 53.6 Å². The van der Waals surface area contributed by atoms with Crippen molar-refractivity contribution in [2.24, 2.45) is 0 Å². The molecule has 7 heteroatoms. The van der Waals surface area contributed by atoms with Gasteiger partial charge in [0.1, 0.15) is 0 Å². The Bertz CT molecular complexity index is 827. The zero-order valence-electron chi connectivity index (χ0n) is 15.9. The molecule has 1 heterocycles. The Morgan fingerprint density at radius 2 is 1.81 bits per heavy atom. The van der Waals surface area contributed by atoms with Gasteiger partial charge in [0.05, 0.1) is 17.1 Å². The molecule has 27 heavy (non-hydrogen) atoms. The molecule has 2 aliphatic rings. The Morgan fingerprint density at radius 3 is 2.44 bits per heavy atom. The summed E-state index contributed by atoms with van der Waals surface area (Å²) in [5.41, 5.74) is 2.20. The van der Waals surface area contributed by atoms with Crippen molar-refractivity contribution in [2.75, 3.05) is 18.1 Å². The molecule has 1 aliphatic heterocycles. The topological polar surface area (TPSA) is 80.8 Å². The van der Waals surface area contributed by atoms with Gasteiger partial charge in [0.2, 0.25) is 0 Å². The Hall–Kier alpha value is -1.89. The molecule has 148 valence electrons. The number of carbonyl (C=O) groups is 2. The Kier molecular flexibility index (Phi) is 5.89. The zero-order valence-corrected chi connectivity index (χ0v) is 16.8. The van der Waals surface area contributed by atoms with Crippen LogP contribution in [-0.4, -0.2) is 55.4 Å². The van der Waals surface area contributed by atoms with Crippen molar-refractivity contribution in [1.82, 2.24) is 4.90 Å². The molecule has 3 rings (SSSR count). The van der Waals surface area contributed by atoms with Crippen LogP contribution < -0.4 is 0 Å². The van der Waals surface area contributed by atoms with Crippen molar-refractivity contribution in [2.45, 2.75) is 58.0 Å². The summed E-state index contributed by atoms with van der Waals surface area (Å²) in [5, 5.41) is 0. The highest BCUT2D eigenvalue weighted by Crippen LogP contribution is 2.29. The largest absolute Gasteiger partial charge is 0.452 e. The van der Waals surface area contributed by atoms with Crippen LogP contribution in [-0.2, 0) is 19.4 Å². The minimum Gasteiger partial charge on any atom is -0.452 e. The molecule has 0 N–H and O–H groups in total. The lowest BCUT2D eigenvalue weighted by molar-refractivity contribution is -0.139. The number of aryl methyl sites for hydroxylation is 2. The van der Waals surface area contributed by atoms with E-state index in [9.17, 15) is 18.0 Å². The van der Waals surface area contributed by atoms with E-state index in [1.165, 1.54) is 0 Å². The highest BCUT2D eigenvalue weighted by Gasteiger charge is 2.39. The highest BCUT2D eigenvalue weighted by atomic mass is 32.2. The molecule has 1 amide bonds. The first-order valence-electron chi connectivity index (χ1n) is 9.53. The van der Waals surface area contributed by atoms with E-state index in [0.29, 0.717) is 12.0 Å². The zero-order chi connectivity index (χ0) is 19.6. The van der Waals surface area contributed by atoms with Crippen LogP contribution in [0.4, 0.5) is 0 Å².